The van der Waals surface area contributed by atoms with E-state index >= 15 is 0 Å². The van der Waals surface area contributed by atoms with Gasteiger partial charge in [0.1, 0.15) is 11.5 Å². The lowest BCUT2D eigenvalue weighted by Gasteiger charge is -2.30. The van der Waals surface area contributed by atoms with Crippen molar-refractivity contribution in [3.8, 4) is 11.5 Å². The molecule has 0 N–H and O–H groups in total. The SMILES string of the molecule is COc1ccc(C23CC=C(C)C2=Cc2cc(OC)ccc23)cc1. The first-order valence-corrected chi connectivity index (χ1v) is 7.91. The van der Waals surface area contributed by atoms with E-state index in [4.69, 9.17) is 9.47 Å². The summed E-state index contributed by atoms with van der Waals surface area (Å²) < 4.78 is 10.7. The van der Waals surface area contributed by atoms with Gasteiger partial charge in [0.2, 0.25) is 0 Å². The second-order valence-electron chi connectivity index (χ2n) is 6.24. The smallest absolute Gasteiger partial charge is 0.119 e. The maximum atomic E-state index is 5.40. The predicted octanol–water partition coefficient (Wildman–Crippen LogP) is 4.74. The van der Waals surface area contributed by atoms with Crippen molar-refractivity contribution >= 4 is 6.08 Å². The van der Waals surface area contributed by atoms with Crippen LogP contribution in [0.2, 0.25) is 0 Å². The van der Waals surface area contributed by atoms with Crippen molar-refractivity contribution in [1.82, 2.24) is 0 Å². The number of methoxy groups -OCH3 is 2. The number of hydrogen-bond acceptors (Lipinski definition) is 2. The summed E-state index contributed by atoms with van der Waals surface area (Å²) in [5.74, 6) is 1.80. The van der Waals surface area contributed by atoms with Crippen LogP contribution in [-0.2, 0) is 5.41 Å². The van der Waals surface area contributed by atoms with Gasteiger partial charge >= 0.3 is 0 Å². The van der Waals surface area contributed by atoms with Crippen molar-refractivity contribution in [3.05, 3.63) is 76.4 Å². The van der Waals surface area contributed by atoms with Crippen LogP contribution in [0.25, 0.3) is 6.08 Å². The van der Waals surface area contributed by atoms with Crippen LogP contribution in [0.15, 0.2) is 59.7 Å². The molecule has 0 radical (unpaired) electrons. The third-order valence-corrected chi connectivity index (χ3v) is 5.20. The van der Waals surface area contributed by atoms with E-state index in [9.17, 15) is 0 Å². The lowest BCUT2D eigenvalue weighted by molar-refractivity contribution is 0.414. The fourth-order valence-electron chi connectivity index (χ4n) is 3.99. The quantitative estimate of drug-likeness (QED) is 0.815. The highest BCUT2D eigenvalue weighted by atomic mass is 16.5. The minimum Gasteiger partial charge on any atom is -0.497 e. The lowest BCUT2D eigenvalue weighted by atomic mass is 9.71. The predicted molar refractivity (Wildman–Crippen MR) is 93.1 cm³/mol. The molecule has 0 saturated heterocycles. The van der Waals surface area contributed by atoms with Gasteiger partial charge in [0.05, 0.1) is 14.2 Å². The lowest BCUT2D eigenvalue weighted by Crippen LogP contribution is -2.24. The van der Waals surface area contributed by atoms with E-state index in [1.165, 1.54) is 27.8 Å². The molecule has 4 rings (SSSR count). The van der Waals surface area contributed by atoms with Gasteiger partial charge in [0.15, 0.2) is 0 Å². The van der Waals surface area contributed by atoms with E-state index < -0.39 is 0 Å². The van der Waals surface area contributed by atoms with Crippen molar-refractivity contribution in [1.29, 1.82) is 0 Å². The van der Waals surface area contributed by atoms with E-state index in [1.54, 1.807) is 14.2 Å². The Kier molecular flexibility index (Phi) is 3.08. The molecule has 0 saturated carbocycles. The Hall–Kier alpha value is -2.48. The van der Waals surface area contributed by atoms with Crippen LogP contribution in [0.1, 0.15) is 30.0 Å². The Morgan fingerprint density at radius 1 is 0.913 bits per heavy atom. The van der Waals surface area contributed by atoms with Crippen LogP contribution in [0.3, 0.4) is 0 Å². The second-order valence-corrected chi connectivity index (χ2v) is 6.24. The molecule has 2 aromatic carbocycles. The molecule has 0 amide bonds. The Labute approximate surface area is 137 Å². The highest BCUT2D eigenvalue weighted by Crippen LogP contribution is 2.55. The molecule has 2 nitrogen and oxygen atoms in total. The summed E-state index contributed by atoms with van der Waals surface area (Å²) in [7, 11) is 3.42. The van der Waals surface area contributed by atoms with Gasteiger partial charge in [-0.25, -0.2) is 0 Å². The van der Waals surface area contributed by atoms with E-state index in [-0.39, 0.29) is 5.41 Å². The van der Waals surface area contributed by atoms with Gasteiger partial charge in [0.25, 0.3) is 0 Å². The molecule has 23 heavy (non-hydrogen) atoms. The zero-order chi connectivity index (χ0) is 16.0. The summed E-state index contributed by atoms with van der Waals surface area (Å²) in [5, 5.41) is 0. The van der Waals surface area contributed by atoms with E-state index in [0.29, 0.717) is 0 Å². The highest BCUT2D eigenvalue weighted by molar-refractivity contribution is 5.80. The zero-order valence-electron chi connectivity index (χ0n) is 13.7. The monoisotopic (exact) mass is 304 g/mol. The molecule has 2 aliphatic carbocycles. The highest BCUT2D eigenvalue weighted by Gasteiger charge is 2.45. The van der Waals surface area contributed by atoms with Crippen molar-refractivity contribution in [2.45, 2.75) is 18.8 Å². The van der Waals surface area contributed by atoms with Gasteiger partial charge in [-0.2, -0.15) is 0 Å². The number of allylic oxidation sites excluding steroid dienone is 3. The fourth-order valence-corrected chi connectivity index (χ4v) is 3.99. The molecule has 0 heterocycles. The number of rotatable bonds is 3. The molecular formula is C21H20O2. The summed E-state index contributed by atoms with van der Waals surface area (Å²) in [5.41, 5.74) is 6.68. The summed E-state index contributed by atoms with van der Waals surface area (Å²) in [4.78, 5) is 0. The summed E-state index contributed by atoms with van der Waals surface area (Å²) >= 11 is 0. The average molecular weight is 304 g/mol. The summed E-state index contributed by atoms with van der Waals surface area (Å²) in [6.07, 6.45) is 5.68. The summed E-state index contributed by atoms with van der Waals surface area (Å²) in [6.45, 7) is 2.21. The molecule has 2 aromatic rings. The minimum atomic E-state index is -0.0576. The van der Waals surface area contributed by atoms with Crippen LogP contribution < -0.4 is 9.47 Å². The van der Waals surface area contributed by atoms with Gasteiger partial charge in [-0.3, -0.25) is 0 Å². The maximum absolute atomic E-state index is 5.40. The molecule has 2 aliphatic rings. The molecule has 1 unspecified atom stereocenters. The van der Waals surface area contributed by atoms with Crippen LogP contribution >= 0.6 is 0 Å². The number of benzene rings is 2. The summed E-state index contributed by atoms with van der Waals surface area (Å²) in [6, 6.07) is 14.9. The molecule has 0 aromatic heterocycles. The Morgan fingerprint density at radius 2 is 1.61 bits per heavy atom. The van der Waals surface area contributed by atoms with Crippen molar-refractivity contribution < 1.29 is 9.47 Å². The largest absolute Gasteiger partial charge is 0.497 e. The van der Waals surface area contributed by atoms with Gasteiger partial charge < -0.3 is 9.47 Å². The van der Waals surface area contributed by atoms with E-state index in [1.807, 2.05) is 0 Å². The molecule has 2 heteroatoms. The molecule has 0 spiro atoms. The first-order chi connectivity index (χ1) is 11.2. The van der Waals surface area contributed by atoms with Crippen LogP contribution in [0.4, 0.5) is 0 Å². The third kappa shape index (κ3) is 1.88. The first kappa shape index (κ1) is 14.1. The molecule has 0 aliphatic heterocycles. The molecule has 116 valence electrons. The standard InChI is InChI=1S/C21H20O2/c1-14-10-11-21(16-4-6-17(22-2)7-5-16)19-9-8-18(23-3)12-15(19)13-20(14)21/h4-10,12-13H,11H2,1-3H3. The van der Waals surface area contributed by atoms with Gasteiger partial charge in [-0.15, -0.1) is 0 Å². The Bertz CT molecular complexity index is 827. The zero-order valence-corrected chi connectivity index (χ0v) is 13.7. The normalized spacial score (nSPS) is 21.3. The molecular weight excluding hydrogens is 284 g/mol. The molecule has 0 fully saturated rings. The number of fused-ring (bicyclic) bond motifs is 3. The van der Waals surface area contributed by atoms with E-state index in [2.05, 4.69) is 61.5 Å². The van der Waals surface area contributed by atoms with Gasteiger partial charge in [-0.1, -0.05) is 29.8 Å². The first-order valence-electron chi connectivity index (χ1n) is 7.91. The Morgan fingerprint density at radius 3 is 2.30 bits per heavy atom. The van der Waals surface area contributed by atoms with Gasteiger partial charge in [-0.05, 0) is 65.9 Å². The van der Waals surface area contributed by atoms with E-state index in [0.717, 1.165) is 17.9 Å². The van der Waals surface area contributed by atoms with Crippen molar-refractivity contribution in [3.63, 3.8) is 0 Å². The topological polar surface area (TPSA) is 18.5 Å². The third-order valence-electron chi connectivity index (χ3n) is 5.20. The van der Waals surface area contributed by atoms with Crippen LogP contribution in [-0.4, -0.2) is 14.2 Å². The molecule has 0 bridgehead atoms. The fraction of sp³-hybridized carbons (Fsp3) is 0.238. The van der Waals surface area contributed by atoms with Crippen LogP contribution in [0.5, 0.6) is 11.5 Å². The Balaban J connectivity index is 1.91. The number of hydrogen-bond donors (Lipinski definition) is 0. The maximum Gasteiger partial charge on any atom is 0.119 e. The average Bonchev–Trinajstić information content (AvgIpc) is 3.10. The second kappa shape index (κ2) is 5.02. The molecule has 1 atom stereocenters. The van der Waals surface area contributed by atoms with Crippen LogP contribution in [0, 0.1) is 0 Å². The minimum absolute atomic E-state index is 0.0576. The van der Waals surface area contributed by atoms with Crippen molar-refractivity contribution in [2.24, 2.45) is 0 Å². The van der Waals surface area contributed by atoms with Crippen molar-refractivity contribution in [2.75, 3.05) is 14.2 Å². The number of ether oxygens (including phenoxy) is 2. The van der Waals surface area contributed by atoms with Gasteiger partial charge in [0, 0.05) is 5.41 Å².